The molecule has 0 radical (unpaired) electrons. The number of Topliss-reactive ketones (excluding diaryl/α,β-unsaturated/α-hetero) is 1. The smallest absolute Gasteiger partial charge is 0.259 e. The highest BCUT2D eigenvalue weighted by molar-refractivity contribution is 6.06. The lowest BCUT2D eigenvalue weighted by molar-refractivity contribution is 0.0913. The Hall–Kier alpha value is -4.13. The van der Waals surface area contributed by atoms with Crippen molar-refractivity contribution in [2.45, 2.75) is 20.8 Å². The summed E-state index contributed by atoms with van der Waals surface area (Å²) in [5.41, 5.74) is 3.18. The van der Waals surface area contributed by atoms with Crippen molar-refractivity contribution in [3.63, 3.8) is 0 Å². The van der Waals surface area contributed by atoms with Gasteiger partial charge in [-0.3, -0.25) is 14.2 Å². The molecule has 1 N–H and O–H groups in total. The fourth-order valence-corrected chi connectivity index (χ4v) is 3.58. The van der Waals surface area contributed by atoms with Gasteiger partial charge in [0.15, 0.2) is 12.4 Å². The van der Waals surface area contributed by atoms with E-state index in [-0.39, 0.29) is 18.3 Å². The summed E-state index contributed by atoms with van der Waals surface area (Å²) in [6.45, 7) is 5.37. The first-order chi connectivity index (χ1) is 15.4. The van der Waals surface area contributed by atoms with Gasteiger partial charge in [-0.25, -0.2) is 0 Å². The number of carbonyl (C=O) groups is 2. The zero-order valence-corrected chi connectivity index (χ0v) is 18.1. The third kappa shape index (κ3) is 4.32. The maximum absolute atomic E-state index is 12.9. The van der Waals surface area contributed by atoms with Gasteiger partial charge in [0.1, 0.15) is 11.5 Å². The van der Waals surface area contributed by atoms with Gasteiger partial charge >= 0.3 is 0 Å². The van der Waals surface area contributed by atoms with Crippen LogP contribution in [0.25, 0.3) is 5.82 Å². The summed E-state index contributed by atoms with van der Waals surface area (Å²) < 4.78 is 12.8. The maximum Gasteiger partial charge on any atom is 0.259 e. The number of rotatable bonds is 7. The Balaban J connectivity index is 1.50. The van der Waals surface area contributed by atoms with Gasteiger partial charge in [0, 0.05) is 28.7 Å². The Bertz CT molecular complexity index is 1270. The number of hydrogen-bond acceptors (Lipinski definition) is 5. The molecule has 0 bridgehead atoms. The molecule has 0 fully saturated rings. The Morgan fingerprint density at radius 1 is 0.969 bits per heavy atom. The Morgan fingerprint density at radius 3 is 2.41 bits per heavy atom. The van der Waals surface area contributed by atoms with E-state index in [0.29, 0.717) is 34.1 Å². The minimum atomic E-state index is -0.307. The molecule has 0 atom stereocenters. The van der Waals surface area contributed by atoms with Crippen molar-refractivity contribution in [1.29, 1.82) is 0 Å². The first kappa shape index (κ1) is 21.1. The summed E-state index contributed by atoms with van der Waals surface area (Å²) in [6, 6.07) is 19.6. The molecule has 0 aliphatic rings. The van der Waals surface area contributed by atoms with Crippen LogP contribution in [0.3, 0.4) is 0 Å². The van der Waals surface area contributed by atoms with E-state index in [9.17, 15) is 9.59 Å². The number of benzene rings is 2. The number of aryl methyl sites for hydroxylation is 2. The van der Waals surface area contributed by atoms with Crippen molar-refractivity contribution in [1.82, 2.24) is 9.72 Å². The molecule has 2 aromatic heterocycles. The van der Waals surface area contributed by atoms with Gasteiger partial charge in [-0.2, -0.15) is 0 Å². The quantitative estimate of drug-likeness (QED) is 0.422. The second-order valence-electron chi connectivity index (χ2n) is 7.44. The first-order valence-electron chi connectivity index (χ1n) is 10.2. The number of nitrogens with one attached hydrogen (secondary N) is 1. The molecule has 0 aliphatic carbocycles. The van der Waals surface area contributed by atoms with Crippen molar-refractivity contribution >= 4 is 17.4 Å². The minimum absolute atomic E-state index is 0.192. The Kier molecular flexibility index (Phi) is 5.89. The van der Waals surface area contributed by atoms with E-state index in [1.807, 2.05) is 49.6 Å². The third-order valence-corrected chi connectivity index (χ3v) is 5.10. The van der Waals surface area contributed by atoms with Crippen molar-refractivity contribution < 1.29 is 18.8 Å². The molecule has 7 heteroatoms. The summed E-state index contributed by atoms with van der Waals surface area (Å²) in [5.74, 6) is 1.16. The van der Waals surface area contributed by atoms with Crippen LogP contribution >= 0.6 is 0 Å². The van der Waals surface area contributed by atoms with Crippen molar-refractivity contribution in [3.05, 3.63) is 95.0 Å². The highest BCUT2D eigenvalue weighted by Crippen LogP contribution is 2.23. The molecule has 162 valence electrons. The number of para-hydroxylation sites is 2. The molecule has 4 aromatic rings. The molecule has 2 aromatic carbocycles. The van der Waals surface area contributed by atoms with Crippen LogP contribution in [0.1, 0.15) is 37.9 Å². The normalized spacial score (nSPS) is 10.7. The van der Waals surface area contributed by atoms with E-state index in [1.54, 1.807) is 42.5 Å². The van der Waals surface area contributed by atoms with E-state index in [1.165, 1.54) is 0 Å². The van der Waals surface area contributed by atoms with Crippen LogP contribution in [-0.4, -0.2) is 28.0 Å². The number of hydrogen-bond donors (Lipinski definition) is 1. The minimum Gasteiger partial charge on any atom is -0.485 e. The topological polar surface area (TPSA) is 86.4 Å². The molecular formula is C25H23N3O4. The predicted octanol–water partition coefficient (Wildman–Crippen LogP) is 4.90. The number of ether oxygens (including phenoxy) is 1. The van der Waals surface area contributed by atoms with Crippen LogP contribution in [0.4, 0.5) is 5.69 Å². The predicted molar refractivity (Wildman–Crippen MR) is 121 cm³/mol. The fraction of sp³-hybridized carbons (Fsp3) is 0.160. The van der Waals surface area contributed by atoms with Gasteiger partial charge in [-0.1, -0.05) is 35.5 Å². The lowest BCUT2D eigenvalue weighted by Gasteiger charge is -2.11. The lowest BCUT2D eigenvalue weighted by atomic mass is 10.1. The Morgan fingerprint density at radius 2 is 1.69 bits per heavy atom. The van der Waals surface area contributed by atoms with Gasteiger partial charge in [0.05, 0.1) is 5.56 Å². The molecule has 0 unspecified atom stereocenters. The number of aromatic nitrogens is 2. The van der Waals surface area contributed by atoms with Crippen LogP contribution in [0.2, 0.25) is 0 Å². The molecule has 0 spiro atoms. The molecule has 2 heterocycles. The summed E-state index contributed by atoms with van der Waals surface area (Å²) in [5, 5.41) is 6.88. The molecular weight excluding hydrogens is 406 g/mol. The largest absolute Gasteiger partial charge is 0.485 e. The molecule has 0 saturated heterocycles. The second kappa shape index (κ2) is 8.93. The van der Waals surface area contributed by atoms with Gasteiger partial charge in [-0.05, 0) is 51.1 Å². The number of nitrogens with zero attached hydrogens (tertiary/aromatic N) is 2. The van der Waals surface area contributed by atoms with Gasteiger partial charge in [0.25, 0.3) is 5.91 Å². The van der Waals surface area contributed by atoms with Crippen molar-refractivity contribution in [3.8, 4) is 11.6 Å². The second-order valence-corrected chi connectivity index (χ2v) is 7.44. The van der Waals surface area contributed by atoms with Crippen molar-refractivity contribution in [2.24, 2.45) is 0 Å². The standard InChI is InChI=1S/C25H23N3O4/c1-16-13-21(18(3)28(16)24-14-17(2)32-27-24)22(29)15-31-23-12-8-7-11-20(23)25(30)26-19-9-5-4-6-10-19/h4-14H,15H2,1-3H3,(H,26,30). The zero-order chi connectivity index (χ0) is 22.7. The summed E-state index contributed by atoms with van der Waals surface area (Å²) in [7, 11) is 0. The SMILES string of the molecule is Cc1cc(-n2c(C)cc(C(=O)COc3ccccc3C(=O)Nc3ccccc3)c2C)no1. The number of carbonyl (C=O) groups excluding carboxylic acids is 2. The van der Waals surface area contributed by atoms with Gasteiger partial charge in [-0.15, -0.1) is 0 Å². The van der Waals surface area contributed by atoms with Crippen LogP contribution in [0.5, 0.6) is 5.75 Å². The van der Waals surface area contributed by atoms with E-state index in [0.717, 1.165) is 11.4 Å². The number of amides is 1. The molecule has 1 amide bonds. The molecule has 7 nitrogen and oxygen atoms in total. The fourth-order valence-electron chi connectivity index (χ4n) is 3.58. The highest BCUT2D eigenvalue weighted by atomic mass is 16.5. The van der Waals surface area contributed by atoms with Gasteiger partial charge in [0.2, 0.25) is 5.78 Å². The zero-order valence-electron chi connectivity index (χ0n) is 18.1. The molecule has 0 aliphatic heterocycles. The average Bonchev–Trinajstić information content (AvgIpc) is 3.34. The maximum atomic E-state index is 12.9. The van der Waals surface area contributed by atoms with E-state index in [2.05, 4.69) is 10.5 Å². The highest BCUT2D eigenvalue weighted by Gasteiger charge is 2.20. The first-order valence-corrected chi connectivity index (χ1v) is 10.2. The number of ketones is 1. The third-order valence-electron chi connectivity index (χ3n) is 5.10. The van der Waals surface area contributed by atoms with E-state index >= 15 is 0 Å². The Labute approximate surface area is 185 Å². The van der Waals surface area contributed by atoms with Crippen LogP contribution in [0.15, 0.2) is 71.3 Å². The molecule has 32 heavy (non-hydrogen) atoms. The molecule has 4 rings (SSSR count). The average molecular weight is 429 g/mol. The van der Waals surface area contributed by atoms with Gasteiger partial charge < -0.3 is 14.6 Å². The van der Waals surface area contributed by atoms with E-state index < -0.39 is 0 Å². The summed E-state index contributed by atoms with van der Waals surface area (Å²) in [4.78, 5) is 25.6. The van der Waals surface area contributed by atoms with Crippen LogP contribution in [-0.2, 0) is 0 Å². The monoisotopic (exact) mass is 429 g/mol. The summed E-state index contributed by atoms with van der Waals surface area (Å²) >= 11 is 0. The number of anilines is 1. The summed E-state index contributed by atoms with van der Waals surface area (Å²) in [6.07, 6.45) is 0. The molecule has 0 saturated carbocycles. The van der Waals surface area contributed by atoms with Crippen LogP contribution < -0.4 is 10.1 Å². The van der Waals surface area contributed by atoms with E-state index in [4.69, 9.17) is 9.26 Å². The lowest BCUT2D eigenvalue weighted by Crippen LogP contribution is -2.17. The van der Waals surface area contributed by atoms with Crippen molar-refractivity contribution in [2.75, 3.05) is 11.9 Å². The van der Waals surface area contributed by atoms with Crippen LogP contribution in [0, 0.1) is 20.8 Å².